The third kappa shape index (κ3) is 6.84. The summed E-state index contributed by atoms with van der Waals surface area (Å²) in [5, 5.41) is 0.754. The predicted molar refractivity (Wildman–Crippen MR) is 136 cm³/mol. The van der Waals surface area contributed by atoms with Gasteiger partial charge in [-0.25, -0.2) is 0 Å². The van der Waals surface area contributed by atoms with Crippen LogP contribution >= 0.6 is 23.8 Å². The van der Waals surface area contributed by atoms with Gasteiger partial charge < -0.3 is 19.1 Å². The van der Waals surface area contributed by atoms with Crippen LogP contribution in [0.1, 0.15) is 71.6 Å². The second-order valence-electron chi connectivity index (χ2n) is 8.36. The number of unbranched alkanes of at least 4 members (excludes halogenated alkanes) is 7. The lowest BCUT2D eigenvalue weighted by molar-refractivity contribution is -0.123. The Morgan fingerprint density at radius 2 is 1.64 bits per heavy atom. The topological polar surface area (TPSA) is 51.2 Å². The number of thiocarbonyl (C=S) groups is 1. The SMILES string of the molecule is CCCCCCCCCCOCCCN1C(=O)/C(=C2/Oc3ccc(Cl)cc3N2CC)OC1=S. The molecule has 0 bridgehead atoms. The highest BCUT2D eigenvalue weighted by Gasteiger charge is 2.41. The largest absolute Gasteiger partial charge is 0.435 e. The maximum Gasteiger partial charge on any atom is 0.302 e. The maximum atomic E-state index is 13.0. The lowest BCUT2D eigenvalue weighted by atomic mass is 10.1. The number of carbonyl (C=O) groups excluding carboxylic acids is 1. The summed E-state index contributed by atoms with van der Waals surface area (Å²) in [5.74, 6) is 0.832. The van der Waals surface area contributed by atoms with Gasteiger partial charge in [0, 0.05) is 31.3 Å². The van der Waals surface area contributed by atoms with E-state index in [1.54, 1.807) is 12.1 Å². The molecule has 3 rings (SSSR count). The lowest BCUT2D eigenvalue weighted by Gasteiger charge is -2.16. The van der Waals surface area contributed by atoms with E-state index >= 15 is 0 Å². The minimum Gasteiger partial charge on any atom is -0.435 e. The van der Waals surface area contributed by atoms with Crippen molar-refractivity contribution < 1.29 is 19.0 Å². The predicted octanol–water partition coefficient (Wildman–Crippen LogP) is 6.42. The second-order valence-corrected chi connectivity index (χ2v) is 9.14. The first-order valence-electron chi connectivity index (χ1n) is 12.2. The van der Waals surface area contributed by atoms with Crippen LogP contribution in [-0.2, 0) is 14.3 Å². The van der Waals surface area contributed by atoms with Crippen LogP contribution in [0.2, 0.25) is 5.02 Å². The van der Waals surface area contributed by atoms with Gasteiger partial charge in [0.05, 0.1) is 5.69 Å². The maximum absolute atomic E-state index is 13.0. The molecule has 0 spiro atoms. The van der Waals surface area contributed by atoms with Crippen LogP contribution in [0.15, 0.2) is 29.8 Å². The number of hydrogen-bond donors (Lipinski definition) is 0. The molecular weight excluding hydrogens is 460 g/mol. The fourth-order valence-electron chi connectivity index (χ4n) is 4.02. The minimum atomic E-state index is -0.282. The summed E-state index contributed by atoms with van der Waals surface area (Å²) in [6.45, 7) is 6.63. The Balaban J connectivity index is 1.40. The molecule has 2 heterocycles. The zero-order valence-electron chi connectivity index (χ0n) is 19.7. The van der Waals surface area contributed by atoms with Crippen molar-refractivity contribution in [1.82, 2.24) is 4.90 Å². The summed E-state index contributed by atoms with van der Waals surface area (Å²) < 4.78 is 17.3. The molecule has 0 N–H and O–H groups in total. The Hall–Kier alpha value is -1.83. The van der Waals surface area contributed by atoms with E-state index in [1.165, 1.54) is 49.8 Å². The van der Waals surface area contributed by atoms with Crippen LogP contribution in [0.5, 0.6) is 5.75 Å². The molecule has 6 nitrogen and oxygen atoms in total. The third-order valence-corrected chi connectivity index (χ3v) is 6.37. The summed E-state index contributed by atoms with van der Waals surface area (Å²) in [6.07, 6.45) is 11.0. The fraction of sp³-hybridized carbons (Fsp3) is 0.600. The molecule has 1 saturated heterocycles. The van der Waals surface area contributed by atoms with E-state index in [0.717, 1.165) is 18.7 Å². The van der Waals surface area contributed by atoms with E-state index in [1.807, 2.05) is 17.9 Å². The lowest BCUT2D eigenvalue weighted by Crippen LogP contribution is -2.31. The van der Waals surface area contributed by atoms with Gasteiger partial charge in [0.25, 0.3) is 10.9 Å². The molecule has 0 aliphatic carbocycles. The van der Waals surface area contributed by atoms with Crippen molar-refractivity contribution in [1.29, 1.82) is 0 Å². The Morgan fingerprint density at radius 1 is 0.939 bits per heavy atom. The van der Waals surface area contributed by atoms with Crippen molar-refractivity contribution in [2.45, 2.75) is 71.6 Å². The van der Waals surface area contributed by atoms with E-state index < -0.39 is 0 Å². The Bertz CT molecular complexity index is 861. The average molecular weight is 495 g/mol. The minimum absolute atomic E-state index is 0.119. The Kier molecular flexibility index (Phi) is 10.3. The van der Waals surface area contributed by atoms with Gasteiger partial charge in [-0.15, -0.1) is 0 Å². The summed E-state index contributed by atoms with van der Waals surface area (Å²) in [4.78, 5) is 16.3. The Labute approximate surface area is 207 Å². The summed E-state index contributed by atoms with van der Waals surface area (Å²) in [6, 6.07) is 5.35. The normalized spacial score (nSPS) is 17.5. The second kappa shape index (κ2) is 13.2. The smallest absolute Gasteiger partial charge is 0.302 e. The zero-order valence-corrected chi connectivity index (χ0v) is 21.3. The van der Waals surface area contributed by atoms with Crippen LogP contribution in [0.4, 0.5) is 5.69 Å². The van der Waals surface area contributed by atoms with Crippen LogP contribution in [0.25, 0.3) is 0 Å². The van der Waals surface area contributed by atoms with Crippen LogP contribution in [0.3, 0.4) is 0 Å². The number of anilines is 1. The first kappa shape index (κ1) is 25.8. The van der Waals surface area contributed by atoms with Gasteiger partial charge in [0.15, 0.2) is 5.75 Å². The van der Waals surface area contributed by atoms with Crippen molar-refractivity contribution in [3.8, 4) is 5.75 Å². The van der Waals surface area contributed by atoms with Gasteiger partial charge in [-0.3, -0.25) is 9.69 Å². The third-order valence-electron chi connectivity index (χ3n) is 5.84. The standard InChI is InChI=1S/C25H35ClN2O4S/c1-3-5-6-7-8-9-10-11-16-30-17-12-15-28-23(29)22(32-25(28)33)24-27(4-2)20-18-19(26)13-14-21(20)31-24/h13-14,18H,3-12,15-17H2,1-2H3/b24-22-. The molecular formula is C25H35ClN2O4S. The van der Waals surface area contributed by atoms with Crippen LogP contribution < -0.4 is 9.64 Å². The highest BCUT2D eigenvalue weighted by atomic mass is 35.5. The molecule has 0 unspecified atom stereocenters. The first-order chi connectivity index (χ1) is 16.1. The molecule has 0 radical (unpaired) electrons. The highest BCUT2D eigenvalue weighted by molar-refractivity contribution is 7.80. The van der Waals surface area contributed by atoms with Crippen LogP contribution in [-0.4, -0.2) is 42.3 Å². The van der Waals surface area contributed by atoms with Crippen molar-refractivity contribution in [2.75, 3.05) is 31.2 Å². The monoisotopic (exact) mass is 494 g/mol. The average Bonchev–Trinajstić information content (AvgIpc) is 3.30. The molecule has 1 aromatic carbocycles. The number of hydrogen-bond acceptors (Lipinski definition) is 6. The number of fused-ring (bicyclic) bond motifs is 1. The number of carbonyl (C=O) groups is 1. The van der Waals surface area contributed by atoms with Gasteiger partial charge in [0.1, 0.15) is 0 Å². The van der Waals surface area contributed by atoms with E-state index in [4.69, 9.17) is 38.0 Å². The first-order valence-corrected chi connectivity index (χ1v) is 13.0. The molecule has 182 valence electrons. The molecule has 0 saturated carbocycles. The summed E-state index contributed by atoms with van der Waals surface area (Å²) >= 11 is 11.4. The van der Waals surface area contributed by atoms with E-state index in [-0.39, 0.29) is 16.8 Å². The van der Waals surface area contributed by atoms with Gasteiger partial charge in [-0.2, -0.15) is 0 Å². The van der Waals surface area contributed by atoms with Gasteiger partial charge in [-0.1, -0.05) is 63.5 Å². The Morgan fingerprint density at radius 3 is 2.36 bits per heavy atom. The molecule has 2 aliphatic heterocycles. The van der Waals surface area contributed by atoms with Crippen molar-refractivity contribution >= 4 is 40.6 Å². The van der Waals surface area contributed by atoms with E-state index in [0.29, 0.717) is 42.8 Å². The van der Waals surface area contributed by atoms with Crippen molar-refractivity contribution in [3.63, 3.8) is 0 Å². The van der Waals surface area contributed by atoms with Gasteiger partial charge in [-0.05, 0) is 50.2 Å². The van der Waals surface area contributed by atoms with E-state index in [2.05, 4.69) is 6.92 Å². The molecule has 1 aromatic rings. The van der Waals surface area contributed by atoms with Crippen molar-refractivity contribution in [3.05, 3.63) is 34.9 Å². The molecule has 1 amide bonds. The molecule has 1 fully saturated rings. The molecule has 8 heteroatoms. The quantitative estimate of drug-likeness (QED) is 0.169. The van der Waals surface area contributed by atoms with Crippen molar-refractivity contribution in [2.24, 2.45) is 0 Å². The highest BCUT2D eigenvalue weighted by Crippen LogP contribution is 2.42. The van der Waals surface area contributed by atoms with Gasteiger partial charge >= 0.3 is 5.91 Å². The number of rotatable bonds is 14. The molecule has 33 heavy (non-hydrogen) atoms. The molecule has 2 aliphatic rings. The number of nitrogens with zero attached hydrogens (tertiary/aromatic N) is 2. The van der Waals surface area contributed by atoms with E-state index in [9.17, 15) is 4.79 Å². The molecule has 0 aromatic heterocycles. The number of ether oxygens (including phenoxy) is 3. The summed E-state index contributed by atoms with van der Waals surface area (Å²) in [5.41, 5.74) is 0.808. The number of halogens is 1. The summed E-state index contributed by atoms with van der Waals surface area (Å²) in [7, 11) is 0. The number of amides is 1. The molecule has 0 atom stereocenters. The van der Waals surface area contributed by atoms with Crippen LogP contribution in [0, 0.1) is 0 Å². The zero-order chi connectivity index (χ0) is 23.6. The number of benzene rings is 1. The van der Waals surface area contributed by atoms with Gasteiger partial charge in [0.2, 0.25) is 5.88 Å². The fourth-order valence-corrected chi connectivity index (χ4v) is 4.45.